The molecule has 4 nitrogen and oxygen atoms in total. The molecule has 2 aliphatic rings. The highest BCUT2D eigenvalue weighted by molar-refractivity contribution is 5.85. The van der Waals surface area contributed by atoms with Gasteiger partial charge in [0.05, 0.1) is 0 Å². The molecule has 1 amide bonds. The number of nitrogens with one attached hydrogen (secondary N) is 1. The molecule has 2 rings (SSSR count). The number of carbonyl (C=O) groups is 1. The quantitative estimate of drug-likeness (QED) is 0.756. The average molecular weight is 340 g/mol. The Hall–Kier alpha value is -0.0300. The fourth-order valence-electron chi connectivity index (χ4n) is 3.31. The second kappa shape index (κ2) is 11.5. The van der Waals surface area contributed by atoms with Crippen molar-refractivity contribution in [3.63, 3.8) is 0 Å². The maximum absolute atomic E-state index is 12.0. The Morgan fingerprint density at radius 3 is 2.48 bits per heavy atom. The Bertz CT molecular complexity index is 286. The van der Waals surface area contributed by atoms with Crippen molar-refractivity contribution in [1.82, 2.24) is 10.2 Å². The van der Waals surface area contributed by atoms with Gasteiger partial charge in [-0.15, -0.1) is 24.8 Å². The molecule has 0 aromatic rings. The Labute approximate surface area is 141 Å². The second-order valence-electron chi connectivity index (χ2n) is 6.17. The number of hydrogen-bond donors (Lipinski definition) is 2. The van der Waals surface area contributed by atoms with Crippen LogP contribution in [0.1, 0.15) is 51.4 Å². The van der Waals surface area contributed by atoms with Crippen molar-refractivity contribution in [2.45, 2.75) is 57.4 Å². The van der Waals surface area contributed by atoms with Gasteiger partial charge in [-0.2, -0.15) is 0 Å². The van der Waals surface area contributed by atoms with Crippen LogP contribution in [0.2, 0.25) is 0 Å². The summed E-state index contributed by atoms with van der Waals surface area (Å²) in [4.78, 5) is 14.5. The van der Waals surface area contributed by atoms with Gasteiger partial charge < -0.3 is 16.0 Å². The highest BCUT2D eigenvalue weighted by atomic mass is 35.5. The van der Waals surface area contributed by atoms with E-state index in [1.807, 2.05) is 0 Å². The van der Waals surface area contributed by atoms with Gasteiger partial charge in [0.1, 0.15) is 0 Å². The summed E-state index contributed by atoms with van der Waals surface area (Å²) in [5, 5.41) is 3.09. The lowest BCUT2D eigenvalue weighted by Crippen LogP contribution is -2.39. The van der Waals surface area contributed by atoms with Gasteiger partial charge in [0.25, 0.3) is 0 Å². The third-order valence-corrected chi connectivity index (χ3v) is 4.48. The van der Waals surface area contributed by atoms with Crippen molar-refractivity contribution in [1.29, 1.82) is 0 Å². The number of piperidine rings is 1. The molecule has 2 atom stereocenters. The molecule has 0 spiro atoms. The minimum atomic E-state index is 0. The van der Waals surface area contributed by atoms with Crippen LogP contribution in [0.5, 0.6) is 0 Å². The zero-order valence-electron chi connectivity index (χ0n) is 12.9. The molecule has 3 N–H and O–H groups in total. The van der Waals surface area contributed by atoms with Crippen LogP contribution in [0.3, 0.4) is 0 Å². The summed E-state index contributed by atoms with van der Waals surface area (Å²) in [6, 6.07) is 0.234. The molecule has 0 aromatic carbocycles. The normalized spacial score (nSPS) is 26.3. The molecule has 0 bridgehead atoms. The van der Waals surface area contributed by atoms with Crippen LogP contribution in [0.25, 0.3) is 0 Å². The molecule has 0 aromatic heterocycles. The molecule has 1 saturated carbocycles. The Morgan fingerprint density at radius 1 is 1.10 bits per heavy atom. The number of hydrogen-bond acceptors (Lipinski definition) is 3. The standard InChI is InChI=1S/C15H29N3O.2ClH/c16-14-7-4-6-13(12-14)15(19)17-8-5-11-18-9-2-1-3-10-18;;/h13-14H,1-12,16H2,(H,17,19);2*1H. The number of likely N-dealkylation sites (tertiary alicyclic amines) is 1. The van der Waals surface area contributed by atoms with E-state index in [0.29, 0.717) is 0 Å². The van der Waals surface area contributed by atoms with Gasteiger partial charge in [0, 0.05) is 18.5 Å². The van der Waals surface area contributed by atoms with Crippen molar-refractivity contribution in [3.05, 3.63) is 0 Å². The lowest BCUT2D eigenvalue weighted by atomic mass is 9.85. The molecule has 0 radical (unpaired) electrons. The Morgan fingerprint density at radius 2 is 1.81 bits per heavy atom. The van der Waals surface area contributed by atoms with Gasteiger partial charge in [-0.3, -0.25) is 4.79 Å². The first-order valence-corrected chi connectivity index (χ1v) is 8.01. The van der Waals surface area contributed by atoms with Crippen molar-refractivity contribution in [2.75, 3.05) is 26.2 Å². The van der Waals surface area contributed by atoms with E-state index in [0.717, 1.165) is 45.2 Å². The third-order valence-electron chi connectivity index (χ3n) is 4.48. The molecular weight excluding hydrogens is 309 g/mol. The highest BCUT2D eigenvalue weighted by Gasteiger charge is 2.24. The molecule has 1 aliphatic heterocycles. The number of rotatable bonds is 5. The monoisotopic (exact) mass is 339 g/mol. The first kappa shape index (κ1) is 21.0. The molecule has 2 unspecified atom stereocenters. The van der Waals surface area contributed by atoms with Gasteiger partial charge >= 0.3 is 0 Å². The highest BCUT2D eigenvalue weighted by Crippen LogP contribution is 2.23. The fraction of sp³-hybridized carbons (Fsp3) is 0.933. The van der Waals surface area contributed by atoms with E-state index in [4.69, 9.17) is 5.73 Å². The van der Waals surface area contributed by atoms with Gasteiger partial charge in [0.15, 0.2) is 0 Å². The number of carbonyl (C=O) groups excluding carboxylic acids is 1. The van der Waals surface area contributed by atoms with Crippen molar-refractivity contribution in [3.8, 4) is 0 Å². The summed E-state index contributed by atoms with van der Waals surface area (Å²) < 4.78 is 0. The largest absolute Gasteiger partial charge is 0.356 e. The molecule has 1 saturated heterocycles. The topological polar surface area (TPSA) is 58.4 Å². The summed E-state index contributed by atoms with van der Waals surface area (Å²) in [6.07, 6.45) is 9.22. The lowest BCUT2D eigenvalue weighted by Gasteiger charge is -2.27. The van der Waals surface area contributed by atoms with Gasteiger partial charge in [-0.05, 0) is 58.2 Å². The maximum atomic E-state index is 12.0. The third kappa shape index (κ3) is 7.68. The van der Waals surface area contributed by atoms with E-state index < -0.39 is 0 Å². The minimum Gasteiger partial charge on any atom is -0.356 e. The zero-order valence-corrected chi connectivity index (χ0v) is 14.5. The maximum Gasteiger partial charge on any atom is 0.223 e. The van der Waals surface area contributed by atoms with Gasteiger partial charge in [0.2, 0.25) is 5.91 Å². The van der Waals surface area contributed by atoms with E-state index >= 15 is 0 Å². The fourth-order valence-corrected chi connectivity index (χ4v) is 3.31. The van der Waals surface area contributed by atoms with Crippen LogP contribution in [-0.2, 0) is 4.79 Å². The number of halogens is 2. The molecule has 2 fully saturated rings. The van der Waals surface area contributed by atoms with Crippen LogP contribution < -0.4 is 11.1 Å². The van der Waals surface area contributed by atoms with Crippen molar-refractivity contribution in [2.24, 2.45) is 11.7 Å². The Balaban J connectivity index is 0.00000200. The lowest BCUT2D eigenvalue weighted by molar-refractivity contribution is -0.126. The number of nitrogens with two attached hydrogens (primary N) is 1. The average Bonchev–Trinajstić information content (AvgIpc) is 2.44. The summed E-state index contributed by atoms with van der Waals surface area (Å²) in [5.74, 6) is 0.396. The molecule has 126 valence electrons. The second-order valence-corrected chi connectivity index (χ2v) is 6.17. The first-order chi connectivity index (χ1) is 9.25. The molecular formula is C15H31Cl2N3O. The number of nitrogens with zero attached hydrogens (tertiary/aromatic N) is 1. The SMILES string of the molecule is Cl.Cl.NC1CCCC(C(=O)NCCCN2CCCCC2)C1. The molecule has 1 heterocycles. The van der Waals surface area contributed by atoms with Gasteiger partial charge in [-0.25, -0.2) is 0 Å². The molecule has 21 heavy (non-hydrogen) atoms. The van der Waals surface area contributed by atoms with Crippen LogP contribution >= 0.6 is 24.8 Å². The van der Waals surface area contributed by atoms with Crippen LogP contribution in [0.4, 0.5) is 0 Å². The van der Waals surface area contributed by atoms with Crippen LogP contribution in [0, 0.1) is 5.92 Å². The first-order valence-electron chi connectivity index (χ1n) is 8.01. The number of amides is 1. The summed E-state index contributed by atoms with van der Waals surface area (Å²) in [6.45, 7) is 4.43. The summed E-state index contributed by atoms with van der Waals surface area (Å²) >= 11 is 0. The van der Waals surface area contributed by atoms with E-state index in [1.54, 1.807) is 0 Å². The van der Waals surface area contributed by atoms with Crippen molar-refractivity contribution >= 4 is 30.7 Å². The van der Waals surface area contributed by atoms with Crippen LogP contribution in [0.15, 0.2) is 0 Å². The Kier molecular flexibility index (Phi) is 11.5. The van der Waals surface area contributed by atoms with E-state index in [1.165, 1.54) is 32.4 Å². The predicted molar refractivity (Wildman–Crippen MR) is 92.3 cm³/mol. The minimum absolute atomic E-state index is 0. The smallest absolute Gasteiger partial charge is 0.223 e. The predicted octanol–water partition coefficient (Wildman–Crippen LogP) is 2.34. The zero-order chi connectivity index (χ0) is 13.5. The summed E-state index contributed by atoms with van der Waals surface area (Å²) in [7, 11) is 0. The van der Waals surface area contributed by atoms with E-state index in [-0.39, 0.29) is 42.7 Å². The molecule has 6 heteroatoms. The van der Waals surface area contributed by atoms with Gasteiger partial charge in [-0.1, -0.05) is 12.8 Å². The van der Waals surface area contributed by atoms with E-state index in [9.17, 15) is 4.79 Å². The summed E-state index contributed by atoms with van der Waals surface area (Å²) in [5.41, 5.74) is 5.93. The van der Waals surface area contributed by atoms with E-state index in [2.05, 4.69) is 10.2 Å². The van der Waals surface area contributed by atoms with Crippen molar-refractivity contribution < 1.29 is 4.79 Å². The van der Waals surface area contributed by atoms with Crippen LogP contribution in [-0.4, -0.2) is 43.0 Å². The molecule has 1 aliphatic carbocycles.